The van der Waals surface area contributed by atoms with Gasteiger partial charge in [0.15, 0.2) is 0 Å². The van der Waals surface area contributed by atoms with Crippen LogP contribution in [0.15, 0.2) is 54.6 Å². The minimum atomic E-state index is -0.904. The van der Waals surface area contributed by atoms with E-state index in [0.717, 1.165) is 28.3 Å². The van der Waals surface area contributed by atoms with Crippen LogP contribution >= 0.6 is 11.7 Å². The Kier molecular flexibility index (Phi) is 6.79. The molecule has 0 saturated heterocycles. The Labute approximate surface area is 220 Å². The topological polar surface area (TPSA) is 128 Å². The summed E-state index contributed by atoms with van der Waals surface area (Å²) in [5.74, 6) is 1.14. The number of aromatic nitrogens is 3. The summed E-state index contributed by atoms with van der Waals surface area (Å²) < 4.78 is 32.2. The first kappa shape index (κ1) is 25.0. The summed E-state index contributed by atoms with van der Waals surface area (Å²) in [5.41, 5.74) is 3.87. The van der Waals surface area contributed by atoms with E-state index in [0.29, 0.717) is 33.5 Å². The van der Waals surface area contributed by atoms with E-state index >= 15 is 0 Å². The normalized spacial score (nSPS) is 11.0. The van der Waals surface area contributed by atoms with Gasteiger partial charge in [0.1, 0.15) is 22.5 Å². The van der Waals surface area contributed by atoms with Crippen molar-refractivity contribution in [1.82, 2.24) is 13.3 Å². The van der Waals surface area contributed by atoms with Gasteiger partial charge in [-0.3, -0.25) is 10.1 Å². The Bertz CT molecular complexity index is 1680. The number of methoxy groups -OCH3 is 2. The zero-order chi connectivity index (χ0) is 26.8. The second kappa shape index (κ2) is 10.3. The number of rotatable bonds is 8. The molecule has 0 aliphatic rings. The number of benzene rings is 3. The number of carbonyl (C=O) groups excluding carboxylic acids is 1. The molecule has 0 saturated carbocycles. The van der Waals surface area contributed by atoms with E-state index in [1.54, 1.807) is 35.8 Å². The number of fused-ring (bicyclic) bond motifs is 2. The zero-order valence-electron chi connectivity index (χ0n) is 20.7. The van der Waals surface area contributed by atoms with Crippen LogP contribution in [-0.4, -0.2) is 45.2 Å². The average molecular weight is 535 g/mol. The molecule has 0 fully saturated rings. The molecule has 194 valence electrons. The Morgan fingerprint density at radius 3 is 2.58 bits per heavy atom. The fraction of sp³-hybridized carbons (Fsp3) is 0.192. The Balaban J connectivity index is 1.80. The molecule has 2 heterocycles. The maximum absolute atomic E-state index is 12.6. The summed E-state index contributed by atoms with van der Waals surface area (Å²) in [6.07, 6.45) is -0.904. The summed E-state index contributed by atoms with van der Waals surface area (Å²) in [4.78, 5) is 23.8. The number of hydrogen-bond acceptors (Lipinski definition) is 10. The van der Waals surface area contributed by atoms with E-state index in [9.17, 15) is 14.9 Å². The highest BCUT2D eigenvalue weighted by molar-refractivity contribution is 7.00. The molecule has 0 aliphatic carbocycles. The molecule has 0 unspecified atom stereocenters. The van der Waals surface area contributed by atoms with Crippen molar-refractivity contribution in [3.8, 4) is 28.5 Å². The van der Waals surface area contributed by atoms with Crippen molar-refractivity contribution in [3.63, 3.8) is 0 Å². The molecule has 5 rings (SSSR count). The van der Waals surface area contributed by atoms with Crippen LogP contribution in [0.25, 0.3) is 33.1 Å². The van der Waals surface area contributed by atoms with Crippen LogP contribution in [0.3, 0.4) is 0 Å². The highest BCUT2D eigenvalue weighted by atomic mass is 32.1. The number of non-ortho nitro benzene ring substituents is 1. The Hall–Kier alpha value is -4.71. The van der Waals surface area contributed by atoms with E-state index in [1.165, 1.54) is 26.4 Å². The number of hydrogen-bond donors (Lipinski definition) is 0. The molecule has 0 atom stereocenters. The quantitative estimate of drug-likeness (QED) is 0.137. The summed E-state index contributed by atoms with van der Waals surface area (Å²) >= 11 is 1.12. The second-order valence-corrected chi connectivity index (χ2v) is 8.69. The number of nitrogens with zero attached hydrogens (tertiary/aromatic N) is 4. The van der Waals surface area contributed by atoms with Gasteiger partial charge >= 0.3 is 6.16 Å². The highest BCUT2D eigenvalue weighted by Gasteiger charge is 2.27. The van der Waals surface area contributed by atoms with Crippen LogP contribution in [0.4, 0.5) is 10.5 Å². The van der Waals surface area contributed by atoms with Crippen molar-refractivity contribution in [2.75, 3.05) is 20.8 Å². The highest BCUT2D eigenvalue weighted by Crippen LogP contribution is 2.46. The van der Waals surface area contributed by atoms with Crippen LogP contribution in [0.5, 0.6) is 17.4 Å². The molecule has 11 nitrogen and oxygen atoms in total. The number of nitro benzene ring substituents is 1. The summed E-state index contributed by atoms with van der Waals surface area (Å²) in [6, 6.07) is 15.3. The first-order chi connectivity index (χ1) is 18.4. The third kappa shape index (κ3) is 4.57. The van der Waals surface area contributed by atoms with E-state index in [1.807, 2.05) is 18.2 Å². The molecule has 2 aromatic heterocycles. The largest absolute Gasteiger partial charge is 0.515 e. The Morgan fingerprint density at radius 1 is 1.03 bits per heavy atom. The zero-order valence-corrected chi connectivity index (χ0v) is 21.5. The van der Waals surface area contributed by atoms with Gasteiger partial charge in [0.2, 0.25) is 5.88 Å². The minimum absolute atomic E-state index is 0.110. The monoisotopic (exact) mass is 534 g/mol. The van der Waals surface area contributed by atoms with Gasteiger partial charge in [-0.25, -0.2) is 4.79 Å². The lowest BCUT2D eigenvalue weighted by atomic mass is 10.0. The minimum Gasteiger partial charge on any atom is -0.497 e. The van der Waals surface area contributed by atoms with E-state index < -0.39 is 11.1 Å². The van der Waals surface area contributed by atoms with Crippen LogP contribution in [0, 0.1) is 10.1 Å². The molecule has 38 heavy (non-hydrogen) atoms. The first-order valence-corrected chi connectivity index (χ1v) is 12.2. The lowest BCUT2D eigenvalue weighted by Gasteiger charge is -2.14. The van der Waals surface area contributed by atoms with Crippen molar-refractivity contribution in [2.24, 2.45) is 0 Å². The molecule has 12 heteroatoms. The third-order valence-corrected chi connectivity index (χ3v) is 6.55. The molecule has 0 aliphatic heterocycles. The fourth-order valence-electron chi connectivity index (χ4n) is 4.30. The predicted octanol–water partition coefficient (Wildman–Crippen LogP) is 5.82. The molecule has 0 radical (unpaired) electrons. The van der Waals surface area contributed by atoms with E-state index in [-0.39, 0.29) is 24.7 Å². The third-order valence-electron chi connectivity index (χ3n) is 5.99. The standard InChI is InChI=1S/C26H22N4O7S/c1-4-36-26(31)37-25-24(18-8-7-17(34-2)13-23(18)35-3)19-12-16(30(32)33)6-10-22(19)29(25)14-15-5-9-20-21(11-15)28-38-27-20/h5-13H,4,14H2,1-3H3. The maximum atomic E-state index is 12.6. The number of ether oxygens (including phenoxy) is 4. The van der Waals surface area contributed by atoms with Crippen LogP contribution in [-0.2, 0) is 11.3 Å². The van der Waals surface area contributed by atoms with Crippen LogP contribution in [0.1, 0.15) is 12.5 Å². The molecule has 0 bridgehead atoms. The summed E-state index contributed by atoms with van der Waals surface area (Å²) in [5, 5.41) is 12.2. The number of nitro groups is 1. The lowest BCUT2D eigenvalue weighted by Crippen LogP contribution is -2.14. The first-order valence-electron chi connectivity index (χ1n) is 11.5. The van der Waals surface area contributed by atoms with E-state index in [4.69, 9.17) is 18.9 Å². The smallest absolute Gasteiger partial charge is 0.497 e. The molecule has 0 amide bonds. The fourth-order valence-corrected chi connectivity index (χ4v) is 4.81. The summed E-state index contributed by atoms with van der Waals surface area (Å²) in [6.45, 7) is 2.05. The molecular formula is C26H22N4O7S. The lowest BCUT2D eigenvalue weighted by molar-refractivity contribution is -0.384. The van der Waals surface area contributed by atoms with Gasteiger partial charge in [0, 0.05) is 29.1 Å². The molecule has 0 spiro atoms. The van der Waals surface area contributed by atoms with Gasteiger partial charge in [0.05, 0.1) is 55.1 Å². The van der Waals surface area contributed by atoms with Gasteiger partial charge in [-0.2, -0.15) is 8.75 Å². The van der Waals surface area contributed by atoms with Crippen molar-refractivity contribution >= 4 is 45.5 Å². The molecule has 5 aromatic rings. The van der Waals surface area contributed by atoms with Crippen LogP contribution in [0.2, 0.25) is 0 Å². The van der Waals surface area contributed by atoms with Gasteiger partial charge in [-0.15, -0.1) is 0 Å². The molecule has 3 aromatic carbocycles. The molecule has 0 N–H and O–H groups in total. The van der Waals surface area contributed by atoms with Gasteiger partial charge < -0.3 is 23.5 Å². The van der Waals surface area contributed by atoms with Crippen molar-refractivity contribution in [2.45, 2.75) is 13.5 Å². The van der Waals surface area contributed by atoms with E-state index in [2.05, 4.69) is 8.75 Å². The van der Waals surface area contributed by atoms with Crippen molar-refractivity contribution in [3.05, 3.63) is 70.3 Å². The van der Waals surface area contributed by atoms with Crippen molar-refractivity contribution < 1.29 is 28.7 Å². The van der Waals surface area contributed by atoms with Gasteiger partial charge in [-0.1, -0.05) is 6.07 Å². The summed E-state index contributed by atoms with van der Waals surface area (Å²) in [7, 11) is 3.04. The molecular weight excluding hydrogens is 512 g/mol. The van der Waals surface area contributed by atoms with Gasteiger partial charge in [-0.05, 0) is 42.8 Å². The average Bonchev–Trinajstić information content (AvgIpc) is 3.50. The Morgan fingerprint density at radius 2 is 1.84 bits per heavy atom. The van der Waals surface area contributed by atoms with Gasteiger partial charge in [0.25, 0.3) is 5.69 Å². The SMILES string of the molecule is CCOC(=O)Oc1c(-c2ccc(OC)cc2OC)c2cc([N+](=O)[O-])ccc2n1Cc1ccc2nsnc2c1. The number of carbonyl (C=O) groups is 1. The van der Waals surface area contributed by atoms with Crippen LogP contribution < -0.4 is 14.2 Å². The van der Waals surface area contributed by atoms with Crippen molar-refractivity contribution in [1.29, 1.82) is 0 Å². The second-order valence-electron chi connectivity index (χ2n) is 8.16. The maximum Gasteiger partial charge on any atom is 0.515 e. The predicted molar refractivity (Wildman–Crippen MR) is 141 cm³/mol.